The smallest absolute Gasteiger partial charge is 0.134 e. The van der Waals surface area contributed by atoms with Gasteiger partial charge in [0.2, 0.25) is 0 Å². The summed E-state index contributed by atoms with van der Waals surface area (Å²) in [4.78, 5) is 0. The number of hydrogen-bond acceptors (Lipinski definition) is 2. The van der Waals surface area contributed by atoms with Gasteiger partial charge < -0.3 is 15.9 Å². The molecule has 0 aliphatic rings. The molecule has 0 saturated heterocycles. The Labute approximate surface area is 42.8 Å². The van der Waals surface area contributed by atoms with Crippen molar-refractivity contribution >= 4 is 0 Å². The largest absolute Gasteiger partial charge is 0.390 e. The van der Waals surface area contributed by atoms with Crippen LogP contribution in [0.15, 0.2) is 0 Å². The van der Waals surface area contributed by atoms with Crippen LogP contribution in [-0.4, -0.2) is 29.0 Å². The minimum absolute atomic E-state index is 0.0440. The van der Waals surface area contributed by atoms with E-state index in [9.17, 15) is 0 Å². The van der Waals surface area contributed by atoms with E-state index in [1.165, 1.54) is 0 Å². The number of aliphatic hydroxyl groups excluding tert-OH is 2. The van der Waals surface area contributed by atoms with E-state index in [1.54, 1.807) is 6.92 Å². The molecule has 0 bridgehead atoms. The minimum Gasteiger partial charge on any atom is -0.390 e. The Morgan fingerprint density at radius 3 is 2.14 bits per heavy atom. The maximum atomic E-state index is 8.60. The lowest BCUT2D eigenvalue weighted by Crippen LogP contribution is -2.67. The standard InChI is InChI=1S/C4H11NO2/c1-3(7)4(5)2-6/h3-4,6-7H,2,5H2,1H3/p+1/t3-,4+/m1/s1. The number of hydrogen-bond donors (Lipinski definition) is 3. The van der Waals surface area contributed by atoms with Crippen LogP contribution in [0.3, 0.4) is 0 Å². The van der Waals surface area contributed by atoms with Crippen LogP contribution in [0.5, 0.6) is 0 Å². The van der Waals surface area contributed by atoms with Crippen LogP contribution >= 0.6 is 0 Å². The maximum absolute atomic E-state index is 8.60. The molecule has 44 valence electrons. The molecule has 0 spiro atoms. The molecule has 0 unspecified atom stereocenters. The third-order valence-corrected chi connectivity index (χ3v) is 0.917. The van der Waals surface area contributed by atoms with Crippen LogP contribution < -0.4 is 5.73 Å². The van der Waals surface area contributed by atoms with E-state index in [2.05, 4.69) is 5.73 Å². The fourth-order valence-electron chi connectivity index (χ4n) is 0.153. The lowest BCUT2D eigenvalue weighted by Gasteiger charge is -2.05. The van der Waals surface area contributed by atoms with Crippen molar-refractivity contribution in [3.05, 3.63) is 0 Å². The van der Waals surface area contributed by atoms with Gasteiger partial charge in [-0.15, -0.1) is 0 Å². The summed E-state index contributed by atoms with van der Waals surface area (Å²) >= 11 is 0. The number of quaternary nitrogens is 1. The highest BCUT2D eigenvalue weighted by Crippen LogP contribution is 1.80. The monoisotopic (exact) mass is 106 g/mol. The van der Waals surface area contributed by atoms with E-state index in [-0.39, 0.29) is 12.6 Å². The molecule has 3 heteroatoms. The Bertz CT molecular complexity index is 47.0. The first-order chi connectivity index (χ1) is 3.18. The van der Waals surface area contributed by atoms with Gasteiger partial charge in [-0.25, -0.2) is 0 Å². The molecule has 0 aliphatic heterocycles. The van der Waals surface area contributed by atoms with Crippen molar-refractivity contribution in [2.45, 2.75) is 19.1 Å². The highest BCUT2D eigenvalue weighted by molar-refractivity contribution is 4.55. The fourth-order valence-corrected chi connectivity index (χ4v) is 0.153. The van der Waals surface area contributed by atoms with Gasteiger partial charge in [0.1, 0.15) is 12.1 Å². The fraction of sp³-hybridized carbons (Fsp3) is 1.00. The Morgan fingerprint density at radius 1 is 1.71 bits per heavy atom. The van der Waals surface area contributed by atoms with Gasteiger partial charge in [-0.05, 0) is 6.92 Å². The van der Waals surface area contributed by atoms with E-state index in [0.29, 0.717) is 0 Å². The van der Waals surface area contributed by atoms with E-state index >= 15 is 0 Å². The van der Waals surface area contributed by atoms with Crippen LogP contribution in [0.1, 0.15) is 6.92 Å². The van der Waals surface area contributed by atoms with Crippen LogP contribution in [0.4, 0.5) is 0 Å². The summed E-state index contributed by atoms with van der Waals surface area (Å²) in [6, 6.07) is -0.236. The molecule has 0 amide bonds. The van der Waals surface area contributed by atoms with Gasteiger partial charge in [0.15, 0.2) is 0 Å². The quantitative estimate of drug-likeness (QED) is 0.380. The summed E-state index contributed by atoms with van der Waals surface area (Å²) in [7, 11) is 0. The van der Waals surface area contributed by atoms with Crippen molar-refractivity contribution in [1.29, 1.82) is 0 Å². The van der Waals surface area contributed by atoms with Crippen LogP contribution in [0.2, 0.25) is 0 Å². The predicted octanol–water partition coefficient (Wildman–Crippen LogP) is -2.03. The average Bonchev–Trinajstić information content (AvgIpc) is 1.65. The van der Waals surface area contributed by atoms with E-state index in [4.69, 9.17) is 10.2 Å². The van der Waals surface area contributed by atoms with Gasteiger partial charge in [0, 0.05) is 0 Å². The molecule has 3 nitrogen and oxygen atoms in total. The van der Waals surface area contributed by atoms with Gasteiger partial charge in [0.05, 0.1) is 6.61 Å². The molecule has 0 aromatic rings. The first-order valence-corrected chi connectivity index (χ1v) is 2.30. The zero-order chi connectivity index (χ0) is 5.86. The van der Waals surface area contributed by atoms with Crippen LogP contribution in [0.25, 0.3) is 0 Å². The van der Waals surface area contributed by atoms with Gasteiger partial charge in [-0.1, -0.05) is 0 Å². The van der Waals surface area contributed by atoms with Crippen molar-refractivity contribution in [3.8, 4) is 0 Å². The van der Waals surface area contributed by atoms with Crippen molar-refractivity contribution in [2.75, 3.05) is 6.61 Å². The zero-order valence-electron chi connectivity index (χ0n) is 4.46. The molecular formula is C4H12NO2+. The summed E-state index contributed by atoms with van der Waals surface area (Å²) < 4.78 is 0. The summed E-state index contributed by atoms with van der Waals surface area (Å²) in [5.41, 5.74) is 3.46. The van der Waals surface area contributed by atoms with Crippen LogP contribution in [0, 0.1) is 0 Å². The molecule has 5 N–H and O–H groups in total. The summed E-state index contributed by atoms with van der Waals surface area (Å²) in [6.45, 7) is 1.56. The summed E-state index contributed by atoms with van der Waals surface area (Å²) in [5, 5.41) is 16.9. The Morgan fingerprint density at radius 2 is 2.14 bits per heavy atom. The normalized spacial score (nSPS) is 18.9. The molecular weight excluding hydrogens is 94.0 g/mol. The third kappa shape index (κ3) is 2.56. The van der Waals surface area contributed by atoms with Gasteiger partial charge >= 0.3 is 0 Å². The van der Waals surface area contributed by atoms with E-state index in [0.717, 1.165) is 0 Å². The molecule has 0 aromatic carbocycles. The van der Waals surface area contributed by atoms with Gasteiger partial charge in [-0.3, -0.25) is 0 Å². The SMILES string of the molecule is C[C@@H](O)[C@@H]([NH3+])CO. The summed E-state index contributed by atoms with van der Waals surface area (Å²) in [6.07, 6.45) is -0.495. The molecule has 0 aliphatic carbocycles. The van der Waals surface area contributed by atoms with Crippen LogP contribution in [-0.2, 0) is 0 Å². The molecule has 2 atom stereocenters. The zero-order valence-corrected chi connectivity index (χ0v) is 4.46. The van der Waals surface area contributed by atoms with Crippen molar-refractivity contribution < 1.29 is 15.9 Å². The first kappa shape index (κ1) is 6.88. The van der Waals surface area contributed by atoms with Crippen molar-refractivity contribution in [3.63, 3.8) is 0 Å². The Hall–Kier alpha value is -0.120. The molecule has 7 heavy (non-hydrogen) atoms. The Balaban J connectivity index is 3.14. The van der Waals surface area contributed by atoms with Gasteiger partial charge in [-0.2, -0.15) is 0 Å². The lowest BCUT2D eigenvalue weighted by molar-refractivity contribution is -0.441. The second-order valence-electron chi connectivity index (χ2n) is 1.68. The average molecular weight is 106 g/mol. The molecule has 0 heterocycles. The topological polar surface area (TPSA) is 68.1 Å². The molecule has 0 fully saturated rings. The lowest BCUT2D eigenvalue weighted by atomic mass is 10.2. The first-order valence-electron chi connectivity index (χ1n) is 2.30. The summed E-state index contributed by atoms with van der Waals surface area (Å²) in [5.74, 6) is 0. The number of rotatable bonds is 2. The maximum Gasteiger partial charge on any atom is 0.134 e. The molecule has 0 radical (unpaired) electrons. The molecule has 0 rings (SSSR count). The molecule has 0 saturated carbocycles. The van der Waals surface area contributed by atoms with Crippen molar-refractivity contribution in [1.82, 2.24) is 0 Å². The highest BCUT2D eigenvalue weighted by Gasteiger charge is 2.09. The van der Waals surface area contributed by atoms with Gasteiger partial charge in [0.25, 0.3) is 0 Å². The number of aliphatic hydroxyl groups is 2. The van der Waals surface area contributed by atoms with E-state index in [1.807, 2.05) is 0 Å². The van der Waals surface area contributed by atoms with Crippen molar-refractivity contribution in [2.24, 2.45) is 0 Å². The second kappa shape index (κ2) is 2.96. The highest BCUT2D eigenvalue weighted by atomic mass is 16.3. The molecule has 0 aromatic heterocycles. The second-order valence-corrected chi connectivity index (χ2v) is 1.68. The third-order valence-electron chi connectivity index (χ3n) is 0.917. The Kier molecular flexibility index (Phi) is 2.91. The predicted molar refractivity (Wildman–Crippen MR) is 25.4 cm³/mol. The minimum atomic E-state index is -0.495. The van der Waals surface area contributed by atoms with E-state index < -0.39 is 6.10 Å².